The Hall–Kier alpha value is -0.370. The van der Waals surface area contributed by atoms with Gasteiger partial charge in [0.1, 0.15) is 0 Å². The van der Waals surface area contributed by atoms with Gasteiger partial charge in [-0.3, -0.25) is 0 Å². The second-order valence-corrected chi connectivity index (χ2v) is 5.18. The Morgan fingerprint density at radius 2 is 1.87 bits per heavy atom. The molecule has 88 valence electrons. The highest BCUT2D eigenvalue weighted by molar-refractivity contribution is 7.84. The van der Waals surface area contributed by atoms with E-state index >= 15 is 0 Å². The van der Waals surface area contributed by atoms with Crippen LogP contribution in [0.3, 0.4) is 0 Å². The van der Waals surface area contributed by atoms with Crippen molar-refractivity contribution < 1.29 is 0 Å². The number of allylic oxidation sites excluding steroid dienone is 3. The number of hydrogen-bond acceptors (Lipinski definition) is 2. The summed E-state index contributed by atoms with van der Waals surface area (Å²) in [6, 6.07) is 0. The van der Waals surface area contributed by atoms with Crippen molar-refractivity contribution in [3.63, 3.8) is 0 Å². The van der Waals surface area contributed by atoms with Crippen molar-refractivity contribution in [1.82, 2.24) is 0 Å². The molecule has 0 aliphatic heterocycles. The molecule has 0 amide bonds. The van der Waals surface area contributed by atoms with Crippen molar-refractivity contribution in [2.75, 3.05) is 0 Å². The predicted octanol–water partition coefficient (Wildman–Crippen LogP) is 4.13. The van der Waals surface area contributed by atoms with Gasteiger partial charge in [0.15, 0.2) is 0 Å². The van der Waals surface area contributed by atoms with Crippen LogP contribution < -0.4 is 5.73 Å². The monoisotopic (exact) mass is 227 g/mol. The second kappa shape index (κ2) is 7.86. The van der Waals surface area contributed by atoms with Crippen molar-refractivity contribution in [3.05, 3.63) is 22.8 Å². The van der Waals surface area contributed by atoms with E-state index in [2.05, 4.69) is 46.4 Å². The maximum absolute atomic E-state index is 5.45. The molecule has 2 N–H and O–H groups in total. The van der Waals surface area contributed by atoms with Crippen molar-refractivity contribution in [1.29, 1.82) is 0 Å². The molecule has 2 unspecified atom stereocenters. The highest BCUT2D eigenvalue weighted by Crippen LogP contribution is 2.21. The van der Waals surface area contributed by atoms with Crippen molar-refractivity contribution in [2.45, 2.75) is 47.0 Å². The fourth-order valence-electron chi connectivity index (χ4n) is 1.78. The Kier molecular flexibility index (Phi) is 7.67. The minimum atomic E-state index is 0.573. The minimum Gasteiger partial charge on any atom is -0.394 e. The minimum absolute atomic E-state index is 0.573. The summed E-state index contributed by atoms with van der Waals surface area (Å²) in [7, 11) is 0. The van der Waals surface area contributed by atoms with E-state index in [4.69, 9.17) is 5.73 Å². The highest BCUT2D eigenvalue weighted by Gasteiger charge is 2.07. The predicted molar refractivity (Wildman–Crippen MR) is 72.9 cm³/mol. The van der Waals surface area contributed by atoms with Gasteiger partial charge >= 0.3 is 0 Å². The first-order valence-electron chi connectivity index (χ1n) is 5.77. The van der Waals surface area contributed by atoms with Gasteiger partial charge in [0, 0.05) is 0 Å². The lowest BCUT2D eigenvalue weighted by Crippen LogP contribution is -2.02. The van der Waals surface area contributed by atoms with E-state index in [0.717, 1.165) is 18.3 Å². The maximum atomic E-state index is 5.45. The Morgan fingerprint density at radius 1 is 1.27 bits per heavy atom. The summed E-state index contributed by atoms with van der Waals surface area (Å²) in [5, 5.41) is 0.573. The smallest absolute Gasteiger partial charge is 0.0624 e. The first kappa shape index (κ1) is 14.6. The first-order chi connectivity index (χ1) is 6.95. The van der Waals surface area contributed by atoms with Gasteiger partial charge in [-0.2, -0.15) is 0 Å². The second-order valence-electron chi connectivity index (χ2n) is 4.66. The third-order valence-electron chi connectivity index (χ3n) is 2.71. The van der Waals surface area contributed by atoms with Crippen LogP contribution in [0, 0.1) is 11.8 Å². The van der Waals surface area contributed by atoms with Gasteiger partial charge in [-0.25, -0.2) is 0 Å². The fraction of sp³-hybridized carbons (Fsp3) is 0.692. The molecule has 0 spiro atoms. The zero-order chi connectivity index (χ0) is 11.8. The van der Waals surface area contributed by atoms with Crippen LogP contribution in [0.2, 0.25) is 0 Å². The molecule has 15 heavy (non-hydrogen) atoms. The van der Waals surface area contributed by atoms with Gasteiger partial charge in [0.2, 0.25) is 0 Å². The normalized spacial score (nSPS) is 17.7. The molecule has 2 heteroatoms. The Balaban J connectivity index is 4.01. The maximum Gasteiger partial charge on any atom is 0.0624 e. The molecule has 0 aromatic heterocycles. The zero-order valence-corrected chi connectivity index (χ0v) is 11.3. The number of hydrogen-bond donors (Lipinski definition) is 2. The lowest BCUT2D eigenvalue weighted by atomic mass is 9.91. The molecule has 0 aromatic carbocycles. The summed E-state index contributed by atoms with van der Waals surface area (Å²) in [6.07, 6.45) is 7.66. The molecule has 0 saturated heterocycles. The topological polar surface area (TPSA) is 26.0 Å². The summed E-state index contributed by atoms with van der Waals surface area (Å²) < 4.78 is 0. The highest BCUT2D eigenvalue weighted by atomic mass is 32.1. The average Bonchev–Trinajstić information content (AvgIpc) is 2.14. The summed E-state index contributed by atoms with van der Waals surface area (Å²) in [6.45, 7) is 9.04. The molecule has 0 rings (SSSR count). The SMILES string of the molecule is CCC(C)CC(C)C/C(C)=C\C=C(/N)S. The molecular weight excluding hydrogens is 202 g/mol. The molecule has 0 radical (unpaired) electrons. The largest absolute Gasteiger partial charge is 0.394 e. The number of rotatable bonds is 6. The Labute approximate surface area is 100 Å². The van der Waals surface area contributed by atoms with Gasteiger partial charge in [-0.1, -0.05) is 38.8 Å². The molecule has 2 atom stereocenters. The molecule has 0 bridgehead atoms. The molecule has 0 heterocycles. The third-order valence-corrected chi connectivity index (χ3v) is 2.86. The first-order valence-corrected chi connectivity index (χ1v) is 6.22. The van der Waals surface area contributed by atoms with Crippen LogP contribution in [0.5, 0.6) is 0 Å². The van der Waals surface area contributed by atoms with E-state index in [0.29, 0.717) is 5.03 Å². The van der Waals surface area contributed by atoms with Gasteiger partial charge < -0.3 is 5.73 Å². The Bertz CT molecular complexity index is 227. The van der Waals surface area contributed by atoms with E-state index in [9.17, 15) is 0 Å². The average molecular weight is 227 g/mol. The van der Waals surface area contributed by atoms with E-state index in [1.54, 1.807) is 0 Å². The standard InChI is InChI=1S/C13H25NS/c1-5-10(2)8-12(4)9-11(3)6-7-13(14)15/h6-7,10,12,15H,5,8-9,14H2,1-4H3/b11-6-,13-7+. The van der Waals surface area contributed by atoms with Gasteiger partial charge in [0.25, 0.3) is 0 Å². The summed E-state index contributed by atoms with van der Waals surface area (Å²) in [4.78, 5) is 0. The fourth-order valence-corrected chi connectivity index (χ4v) is 1.86. The van der Waals surface area contributed by atoms with Gasteiger partial charge in [-0.05, 0) is 37.7 Å². The van der Waals surface area contributed by atoms with Crippen LogP contribution in [-0.2, 0) is 0 Å². The molecule has 0 fully saturated rings. The molecular formula is C13H25NS. The van der Waals surface area contributed by atoms with Crippen LogP contribution in [-0.4, -0.2) is 0 Å². The van der Waals surface area contributed by atoms with Crippen molar-refractivity contribution >= 4 is 12.6 Å². The van der Waals surface area contributed by atoms with E-state index in [1.807, 2.05) is 6.08 Å². The quantitative estimate of drug-likeness (QED) is 0.518. The lowest BCUT2D eigenvalue weighted by Gasteiger charge is -2.15. The van der Waals surface area contributed by atoms with Gasteiger partial charge in [0.05, 0.1) is 5.03 Å². The van der Waals surface area contributed by atoms with E-state index in [-0.39, 0.29) is 0 Å². The van der Waals surface area contributed by atoms with Crippen LogP contribution >= 0.6 is 12.6 Å². The van der Waals surface area contributed by atoms with Crippen molar-refractivity contribution in [3.8, 4) is 0 Å². The molecule has 0 aliphatic rings. The van der Waals surface area contributed by atoms with Crippen LogP contribution in [0.15, 0.2) is 22.8 Å². The number of thiol groups is 1. The Morgan fingerprint density at radius 3 is 2.33 bits per heavy atom. The van der Waals surface area contributed by atoms with Gasteiger partial charge in [-0.15, -0.1) is 12.6 Å². The van der Waals surface area contributed by atoms with Crippen LogP contribution in [0.4, 0.5) is 0 Å². The van der Waals surface area contributed by atoms with Crippen LogP contribution in [0.1, 0.15) is 47.0 Å². The van der Waals surface area contributed by atoms with E-state index < -0.39 is 0 Å². The molecule has 0 aromatic rings. The van der Waals surface area contributed by atoms with Crippen LogP contribution in [0.25, 0.3) is 0 Å². The number of nitrogens with two attached hydrogens (primary N) is 1. The van der Waals surface area contributed by atoms with Crippen molar-refractivity contribution in [2.24, 2.45) is 17.6 Å². The zero-order valence-electron chi connectivity index (χ0n) is 10.5. The lowest BCUT2D eigenvalue weighted by molar-refractivity contribution is 0.403. The third kappa shape index (κ3) is 8.61. The van der Waals surface area contributed by atoms with E-state index in [1.165, 1.54) is 18.4 Å². The summed E-state index contributed by atoms with van der Waals surface area (Å²) >= 11 is 4.03. The molecule has 0 aliphatic carbocycles. The summed E-state index contributed by atoms with van der Waals surface area (Å²) in [5.41, 5.74) is 6.83. The molecule has 1 nitrogen and oxygen atoms in total. The summed E-state index contributed by atoms with van der Waals surface area (Å²) in [5.74, 6) is 1.59. The molecule has 0 saturated carbocycles.